The zero-order valence-electron chi connectivity index (χ0n) is 3.44. The highest BCUT2D eigenvalue weighted by molar-refractivity contribution is 5.64. The first-order valence-electron chi connectivity index (χ1n) is 1.76. The third-order valence-electron chi connectivity index (χ3n) is 0.381. The molecule has 0 aliphatic rings. The van der Waals surface area contributed by atoms with E-state index in [-0.39, 0.29) is 6.42 Å². The lowest BCUT2D eigenvalue weighted by Gasteiger charge is -1.89. The summed E-state index contributed by atoms with van der Waals surface area (Å²) in [5.41, 5.74) is 0. The summed E-state index contributed by atoms with van der Waals surface area (Å²) in [6, 6.07) is 0. The average Bonchev–Trinajstić information content (AvgIpc) is 1.35. The van der Waals surface area contributed by atoms with E-state index in [0.29, 0.717) is 6.42 Å². The first-order chi connectivity index (χ1) is 2.77. The van der Waals surface area contributed by atoms with Crippen LogP contribution in [0.1, 0.15) is 12.8 Å². The number of hydrogen-bond acceptors (Lipinski definition) is 2. The Kier molecular flexibility index (Phi) is 2.29. The molecule has 0 atom stereocenters. The second-order valence-electron chi connectivity index (χ2n) is 0.976. The van der Waals surface area contributed by atoms with Crippen LogP contribution in [-0.4, -0.2) is 5.97 Å². The zero-order chi connectivity index (χ0) is 4.99. The zero-order valence-corrected chi connectivity index (χ0v) is 3.44. The van der Waals surface area contributed by atoms with E-state index >= 15 is 0 Å². The average molecular weight is 86.1 g/mol. The monoisotopic (exact) mass is 86.0 g/mol. The molecule has 0 radical (unpaired) electrons. The normalized spacial score (nSPS) is 8.00. The van der Waals surface area contributed by atoms with Crippen LogP contribution in [0.25, 0.3) is 0 Å². The van der Waals surface area contributed by atoms with Crippen molar-refractivity contribution in [3.8, 4) is 0 Å². The summed E-state index contributed by atoms with van der Waals surface area (Å²) < 4.78 is 0. The summed E-state index contributed by atoms with van der Waals surface area (Å²) in [6.45, 7) is 3.30. The van der Waals surface area contributed by atoms with Crippen molar-refractivity contribution in [2.75, 3.05) is 0 Å². The third kappa shape index (κ3) is 3.34. The van der Waals surface area contributed by atoms with E-state index in [0.717, 1.165) is 0 Å². The number of aliphatic carboxylic acids is 1. The maximum atomic E-state index is 9.45. The van der Waals surface area contributed by atoms with Crippen molar-refractivity contribution in [1.82, 2.24) is 0 Å². The van der Waals surface area contributed by atoms with Crippen molar-refractivity contribution in [2.24, 2.45) is 0 Å². The molecule has 0 bridgehead atoms. The van der Waals surface area contributed by atoms with Crippen molar-refractivity contribution >= 4 is 5.97 Å². The fraction of sp³-hybridized carbons (Fsp3) is 0.500. The van der Waals surface area contributed by atoms with Crippen molar-refractivity contribution in [1.29, 1.82) is 0 Å². The summed E-state index contributed by atoms with van der Waals surface area (Å²) in [5, 5.41) is 9.45. The lowest BCUT2D eigenvalue weighted by molar-refractivity contribution is -0.305. The maximum Gasteiger partial charge on any atom is 0.0902 e. The van der Waals surface area contributed by atoms with Gasteiger partial charge in [-0.25, -0.2) is 0 Å². The second-order valence-corrected chi connectivity index (χ2v) is 0.976. The van der Waals surface area contributed by atoms with Gasteiger partial charge in [-0.3, -0.25) is 0 Å². The predicted octanol–water partition coefficient (Wildman–Crippen LogP) is -0.649. The van der Waals surface area contributed by atoms with Gasteiger partial charge >= 0.3 is 0 Å². The van der Waals surface area contributed by atoms with Gasteiger partial charge in [0.05, 0.1) is 13.3 Å². The molecule has 0 spiro atoms. The van der Waals surface area contributed by atoms with Gasteiger partial charge in [0.25, 0.3) is 0 Å². The van der Waals surface area contributed by atoms with E-state index in [4.69, 9.17) is 0 Å². The summed E-state index contributed by atoms with van der Waals surface area (Å²) in [6.07, 6.45) is 0.488. The Hall–Kier alpha value is -0.660. The molecule has 0 saturated carbocycles. The molecule has 0 heterocycles. The van der Waals surface area contributed by atoms with E-state index in [1.807, 2.05) is 0 Å². The predicted molar refractivity (Wildman–Crippen MR) is 19.6 cm³/mol. The van der Waals surface area contributed by atoms with Gasteiger partial charge in [-0.1, -0.05) is 0 Å². The second kappa shape index (κ2) is 2.57. The Morgan fingerprint density at radius 1 is 1.83 bits per heavy atom. The molecule has 0 aromatic carbocycles. The number of carbonyl (C=O) groups is 1. The highest BCUT2D eigenvalue weighted by atomic mass is 16.4. The molecule has 0 saturated heterocycles. The van der Waals surface area contributed by atoms with E-state index in [2.05, 4.69) is 6.92 Å². The minimum atomic E-state index is -1.02. The minimum Gasteiger partial charge on any atom is -0.550 e. The summed E-state index contributed by atoms with van der Waals surface area (Å²) >= 11 is 0. The van der Waals surface area contributed by atoms with Gasteiger partial charge in [0.2, 0.25) is 0 Å². The van der Waals surface area contributed by atoms with Crippen molar-refractivity contribution in [3.63, 3.8) is 0 Å². The lowest BCUT2D eigenvalue weighted by atomic mass is 10.4. The van der Waals surface area contributed by atoms with Crippen LogP contribution in [-0.2, 0) is 4.79 Å². The Balaban J connectivity index is 2.83. The number of carboxylic acid groups (broad SMARTS) is 1. The Bertz CT molecular complexity index is 49.5. The van der Waals surface area contributed by atoms with E-state index in [1.54, 1.807) is 0 Å². The van der Waals surface area contributed by atoms with Gasteiger partial charge < -0.3 is 9.90 Å². The molecule has 0 fully saturated rings. The number of hydrogen-bond donors (Lipinski definition) is 0. The van der Waals surface area contributed by atoms with Crippen LogP contribution in [0.4, 0.5) is 0 Å². The van der Waals surface area contributed by atoms with Gasteiger partial charge in [0.15, 0.2) is 0 Å². The van der Waals surface area contributed by atoms with E-state index in [1.165, 1.54) is 0 Å². The maximum absolute atomic E-state index is 9.45. The molecule has 0 amide bonds. The number of carboxylic acids is 1. The largest absolute Gasteiger partial charge is 0.550 e. The van der Waals surface area contributed by atoms with E-state index in [9.17, 15) is 9.90 Å². The van der Waals surface area contributed by atoms with Gasteiger partial charge in [0, 0.05) is 12.4 Å². The quantitative estimate of drug-likeness (QED) is 0.419. The van der Waals surface area contributed by atoms with Crippen LogP contribution < -0.4 is 5.11 Å². The topological polar surface area (TPSA) is 40.1 Å². The molecule has 0 aromatic rings. The third-order valence-corrected chi connectivity index (χ3v) is 0.381. The SMILES string of the molecule is [CH2+]CCC(=O)[O-]. The molecular formula is C4H6O2. The number of carbonyl (C=O) groups excluding carboxylic acids is 1. The molecule has 0 aliphatic heterocycles. The Labute approximate surface area is 36.8 Å². The van der Waals surface area contributed by atoms with Gasteiger partial charge in [-0.05, 0) is 0 Å². The minimum absolute atomic E-state index is 0.0694. The molecule has 2 heteroatoms. The Morgan fingerprint density at radius 3 is 2.33 bits per heavy atom. The molecule has 2 nitrogen and oxygen atoms in total. The highest BCUT2D eigenvalue weighted by Gasteiger charge is 1.80. The van der Waals surface area contributed by atoms with Crippen LogP contribution in [0.2, 0.25) is 0 Å². The van der Waals surface area contributed by atoms with Crippen LogP contribution in [0, 0.1) is 6.92 Å². The number of rotatable bonds is 2. The molecule has 6 heavy (non-hydrogen) atoms. The van der Waals surface area contributed by atoms with Crippen molar-refractivity contribution in [3.05, 3.63) is 6.92 Å². The van der Waals surface area contributed by atoms with E-state index < -0.39 is 5.97 Å². The molecule has 0 unspecified atom stereocenters. The first-order valence-corrected chi connectivity index (χ1v) is 1.76. The smallest absolute Gasteiger partial charge is 0.0902 e. The summed E-state index contributed by atoms with van der Waals surface area (Å²) in [7, 11) is 0. The molecular weight excluding hydrogens is 80.0 g/mol. The first kappa shape index (κ1) is 5.34. The van der Waals surface area contributed by atoms with Crippen molar-refractivity contribution < 1.29 is 9.90 Å². The summed E-state index contributed by atoms with van der Waals surface area (Å²) in [4.78, 5) is 9.45. The summed E-state index contributed by atoms with van der Waals surface area (Å²) in [5.74, 6) is -1.02. The molecule has 34 valence electrons. The standard InChI is InChI=1S/C4H6O2/c1-2-3-4(5)6/h1-3H2. The molecule has 0 aromatic heterocycles. The Morgan fingerprint density at radius 2 is 2.33 bits per heavy atom. The van der Waals surface area contributed by atoms with Gasteiger partial charge in [-0.2, -0.15) is 0 Å². The van der Waals surface area contributed by atoms with Crippen LogP contribution in [0.15, 0.2) is 0 Å². The fourth-order valence-electron chi connectivity index (χ4n) is 0.144. The van der Waals surface area contributed by atoms with Gasteiger partial charge in [-0.15, -0.1) is 0 Å². The molecule has 0 aliphatic carbocycles. The fourth-order valence-corrected chi connectivity index (χ4v) is 0.144. The van der Waals surface area contributed by atoms with Crippen LogP contribution in [0.3, 0.4) is 0 Å². The highest BCUT2D eigenvalue weighted by Crippen LogP contribution is 1.78. The van der Waals surface area contributed by atoms with Gasteiger partial charge in [0.1, 0.15) is 0 Å². The van der Waals surface area contributed by atoms with Crippen LogP contribution >= 0.6 is 0 Å². The van der Waals surface area contributed by atoms with Crippen molar-refractivity contribution in [2.45, 2.75) is 12.8 Å². The molecule has 0 rings (SSSR count). The lowest BCUT2D eigenvalue weighted by Crippen LogP contribution is -2.20. The molecule has 0 N–H and O–H groups in total. The van der Waals surface area contributed by atoms with Crippen LogP contribution in [0.5, 0.6) is 0 Å².